The van der Waals surface area contributed by atoms with E-state index in [0.717, 1.165) is 18.7 Å². The lowest BCUT2D eigenvalue weighted by molar-refractivity contribution is -0.135. The molecule has 6 nitrogen and oxygen atoms in total. The first-order valence-electron chi connectivity index (χ1n) is 9.60. The average Bonchev–Trinajstić information content (AvgIpc) is 3.32. The Kier molecular flexibility index (Phi) is 5.45. The van der Waals surface area contributed by atoms with Crippen LogP contribution >= 0.6 is 0 Å². The van der Waals surface area contributed by atoms with Gasteiger partial charge < -0.3 is 10.2 Å². The predicted octanol–water partition coefficient (Wildman–Crippen LogP) is 2.69. The Labute approximate surface area is 149 Å². The third kappa shape index (κ3) is 4.05. The molecule has 2 N–H and O–H groups in total. The van der Waals surface area contributed by atoms with E-state index in [1.54, 1.807) is 6.07 Å². The molecule has 0 radical (unpaired) electrons. The second-order valence-corrected chi connectivity index (χ2v) is 7.94. The number of carbonyl (C=O) groups excluding carboxylic acids is 2. The predicted molar refractivity (Wildman–Crippen MR) is 96.2 cm³/mol. The maximum atomic E-state index is 12.7. The highest BCUT2D eigenvalue weighted by Crippen LogP contribution is 2.32. The topological polar surface area (TPSA) is 78.1 Å². The molecule has 2 atom stereocenters. The van der Waals surface area contributed by atoms with Gasteiger partial charge in [0.1, 0.15) is 5.69 Å². The minimum atomic E-state index is -0.161. The monoisotopic (exact) mass is 346 g/mol. The first kappa shape index (κ1) is 18.0. The van der Waals surface area contributed by atoms with Gasteiger partial charge in [0.05, 0.1) is 0 Å². The van der Waals surface area contributed by atoms with E-state index in [-0.39, 0.29) is 23.8 Å². The van der Waals surface area contributed by atoms with Gasteiger partial charge in [-0.2, -0.15) is 5.10 Å². The van der Waals surface area contributed by atoms with Crippen LogP contribution < -0.4 is 5.32 Å². The first-order chi connectivity index (χ1) is 12.0. The van der Waals surface area contributed by atoms with E-state index in [1.807, 2.05) is 4.90 Å². The number of nitrogens with zero attached hydrogens (tertiary/aromatic N) is 2. The summed E-state index contributed by atoms with van der Waals surface area (Å²) in [5.74, 6) is 1.05. The van der Waals surface area contributed by atoms with Gasteiger partial charge in [-0.05, 0) is 37.2 Å². The summed E-state index contributed by atoms with van der Waals surface area (Å²) in [5.41, 5.74) is 1.38. The molecule has 138 valence electrons. The van der Waals surface area contributed by atoms with Crippen LogP contribution in [-0.2, 0) is 4.79 Å². The summed E-state index contributed by atoms with van der Waals surface area (Å²) >= 11 is 0. The van der Waals surface area contributed by atoms with E-state index in [9.17, 15) is 9.59 Å². The van der Waals surface area contributed by atoms with Crippen LogP contribution in [0.5, 0.6) is 0 Å². The quantitative estimate of drug-likeness (QED) is 0.860. The molecule has 1 aromatic heterocycles. The lowest BCUT2D eigenvalue weighted by atomic mass is 9.91. The number of carbonyl (C=O) groups is 2. The molecule has 2 aliphatic rings. The molecule has 1 saturated heterocycles. The summed E-state index contributed by atoms with van der Waals surface area (Å²) < 4.78 is 0. The molecule has 0 spiro atoms. The zero-order valence-electron chi connectivity index (χ0n) is 15.5. The van der Waals surface area contributed by atoms with Crippen molar-refractivity contribution in [1.82, 2.24) is 20.4 Å². The Morgan fingerprint density at radius 2 is 1.96 bits per heavy atom. The SMILES string of the molecule is CC(C)c1cc(C(=O)NC2CCN(C(=O)C(C)C3CCCC3)C2)n[nH]1. The summed E-state index contributed by atoms with van der Waals surface area (Å²) in [7, 11) is 0. The van der Waals surface area contributed by atoms with Crippen molar-refractivity contribution in [3.63, 3.8) is 0 Å². The Hall–Kier alpha value is -1.85. The van der Waals surface area contributed by atoms with Crippen LogP contribution in [-0.4, -0.2) is 46.0 Å². The van der Waals surface area contributed by atoms with Gasteiger partial charge in [-0.25, -0.2) is 0 Å². The van der Waals surface area contributed by atoms with Gasteiger partial charge in [-0.1, -0.05) is 33.6 Å². The lowest BCUT2D eigenvalue weighted by Gasteiger charge is -2.24. The molecule has 6 heteroatoms. The summed E-state index contributed by atoms with van der Waals surface area (Å²) in [6, 6.07) is 1.83. The number of hydrogen-bond donors (Lipinski definition) is 2. The van der Waals surface area contributed by atoms with Crippen molar-refractivity contribution in [3.05, 3.63) is 17.5 Å². The summed E-state index contributed by atoms with van der Waals surface area (Å²) in [4.78, 5) is 27.0. The highest BCUT2D eigenvalue weighted by Gasteiger charge is 2.34. The number of aromatic amines is 1. The molecule has 1 aromatic rings. The first-order valence-corrected chi connectivity index (χ1v) is 9.60. The van der Waals surface area contributed by atoms with Crippen LogP contribution in [0.2, 0.25) is 0 Å². The number of nitrogens with one attached hydrogen (secondary N) is 2. The van der Waals surface area contributed by atoms with Crippen molar-refractivity contribution in [2.45, 2.75) is 64.8 Å². The van der Waals surface area contributed by atoms with Gasteiger partial charge in [0.2, 0.25) is 5.91 Å². The Bertz CT molecular complexity index is 619. The molecule has 3 rings (SSSR count). The summed E-state index contributed by atoms with van der Waals surface area (Å²) in [6.45, 7) is 7.53. The van der Waals surface area contributed by atoms with Gasteiger partial charge in [0, 0.05) is 30.7 Å². The van der Waals surface area contributed by atoms with Crippen LogP contribution in [0.15, 0.2) is 6.07 Å². The van der Waals surface area contributed by atoms with Crippen molar-refractivity contribution in [2.75, 3.05) is 13.1 Å². The highest BCUT2D eigenvalue weighted by molar-refractivity contribution is 5.92. The normalized spacial score (nSPS) is 22.6. The highest BCUT2D eigenvalue weighted by atomic mass is 16.2. The molecule has 1 aliphatic carbocycles. The second kappa shape index (κ2) is 7.58. The maximum Gasteiger partial charge on any atom is 0.272 e. The smallest absolute Gasteiger partial charge is 0.272 e. The summed E-state index contributed by atoms with van der Waals surface area (Å²) in [5, 5.41) is 10.0. The molecule has 2 amide bonds. The van der Waals surface area contributed by atoms with E-state index >= 15 is 0 Å². The fraction of sp³-hybridized carbons (Fsp3) is 0.737. The van der Waals surface area contributed by atoms with E-state index < -0.39 is 0 Å². The molecule has 2 unspecified atom stereocenters. The lowest BCUT2D eigenvalue weighted by Crippen LogP contribution is -2.40. The van der Waals surface area contributed by atoms with Gasteiger partial charge in [-0.15, -0.1) is 0 Å². The van der Waals surface area contributed by atoms with Crippen molar-refractivity contribution < 1.29 is 9.59 Å². The minimum Gasteiger partial charge on any atom is -0.346 e. The summed E-state index contributed by atoms with van der Waals surface area (Å²) in [6.07, 6.45) is 5.68. The average molecular weight is 346 g/mol. The molecule has 0 aromatic carbocycles. The zero-order valence-corrected chi connectivity index (χ0v) is 15.5. The second-order valence-electron chi connectivity index (χ2n) is 7.94. The molecular formula is C19H30N4O2. The van der Waals surface area contributed by atoms with Crippen molar-refractivity contribution in [2.24, 2.45) is 11.8 Å². The third-order valence-corrected chi connectivity index (χ3v) is 5.78. The van der Waals surface area contributed by atoms with Crippen LogP contribution in [0, 0.1) is 11.8 Å². The molecule has 2 fully saturated rings. The zero-order chi connectivity index (χ0) is 18.0. The number of aromatic nitrogens is 2. The van der Waals surface area contributed by atoms with E-state index in [0.29, 0.717) is 24.1 Å². The molecular weight excluding hydrogens is 316 g/mol. The Morgan fingerprint density at radius 1 is 1.24 bits per heavy atom. The molecule has 2 heterocycles. The number of hydrogen-bond acceptors (Lipinski definition) is 3. The molecule has 1 aliphatic heterocycles. The van der Waals surface area contributed by atoms with Crippen molar-refractivity contribution in [1.29, 1.82) is 0 Å². The number of likely N-dealkylation sites (tertiary alicyclic amines) is 1. The van der Waals surface area contributed by atoms with E-state index in [2.05, 4.69) is 36.3 Å². The van der Waals surface area contributed by atoms with Gasteiger partial charge in [-0.3, -0.25) is 14.7 Å². The molecule has 25 heavy (non-hydrogen) atoms. The standard InChI is InChI=1S/C19H30N4O2/c1-12(2)16-10-17(22-21-16)18(24)20-15-8-9-23(11-15)19(25)13(3)14-6-4-5-7-14/h10,12-15H,4-9,11H2,1-3H3,(H,20,24)(H,21,22). The van der Waals surface area contributed by atoms with Gasteiger partial charge in [0.15, 0.2) is 0 Å². The van der Waals surface area contributed by atoms with Crippen LogP contribution in [0.4, 0.5) is 0 Å². The molecule has 0 bridgehead atoms. The van der Waals surface area contributed by atoms with E-state index in [1.165, 1.54) is 25.7 Å². The Morgan fingerprint density at radius 3 is 2.60 bits per heavy atom. The van der Waals surface area contributed by atoms with Crippen LogP contribution in [0.1, 0.15) is 75.0 Å². The molecule has 1 saturated carbocycles. The van der Waals surface area contributed by atoms with Gasteiger partial charge in [0.25, 0.3) is 5.91 Å². The van der Waals surface area contributed by atoms with Crippen LogP contribution in [0.25, 0.3) is 0 Å². The van der Waals surface area contributed by atoms with E-state index in [4.69, 9.17) is 0 Å². The minimum absolute atomic E-state index is 0.0198. The maximum absolute atomic E-state index is 12.7. The number of rotatable bonds is 5. The van der Waals surface area contributed by atoms with Crippen LogP contribution in [0.3, 0.4) is 0 Å². The Balaban J connectivity index is 1.51. The van der Waals surface area contributed by atoms with Crippen molar-refractivity contribution >= 4 is 11.8 Å². The fourth-order valence-electron chi connectivity index (χ4n) is 4.03. The van der Waals surface area contributed by atoms with Gasteiger partial charge >= 0.3 is 0 Å². The fourth-order valence-corrected chi connectivity index (χ4v) is 4.03. The largest absolute Gasteiger partial charge is 0.346 e. The third-order valence-electron chi connectivity index (χ3n) is 5.78. The number of H-pyrrole nitrogens is 1. The number of amides is 2. The van der Waals surface area contributed by atoms with Crippen molar-refractivity contribution in [3.8, 4) is 0 Å².